The largest absolute Gasteiger partial charge is 0.355 e. The molecule has 21 heavy (non-hydrogen) atoms. The van der Waals surface area contributed by atoms with E-state index in [1.165, 1.54) is 17.4 Å². The van der Waals surface area contributed by atoms with Crippen LogP contribution in [0.2, 0.25) is 0 Å². The maximum Gasteiger partial charge on any atom is 0.193 e. The van der Waals surface area contributed by atoms with Gasteiger partial charge in [0.25, 0.3) is 0 Å². The molecule has 1 aromatic carbocycles. The zero-order valence-corrected chi connectivity index (χ0v) is 15.5. The van der Waals surface area contributed by atoms with E-state index in [0.29, 0.717) is 6.54 Å². The molecule has 1 aliphatic heterocycles. The predicted molar refractivity (Wildman–Crippen MR) is 97.0 cm³/mol. The summed E-state index contributed by atoms with van der Waals surface area (Å²) in [6, 6.07) is 8.40. The third kappa shape index (κ3) is 5.46. The Balaban J connectivity index is 0.00000220. The van der Waals surface area contributed by atoms with Gasteiger partial charge in [-0.2, -0.15) is 0 Å². The van der Waals surface area contributed by atoms with Crippen molar-refractivity contribution in [2.75, 3.05) is 32.1 Å². The molecular formula is C14H22IN3O2S. The van der Waals surface area contributed by atoms with Gasteiger partial charge in [0, 0.05) is 32.9 Å². The van der Waals surface area contributed by atoms with Crippen molar-refractivity contribution in [3.05, 3.63) is 35.4 Å². The average Bonchev–Trinajstić information content (AvgIpc) is 2.42. The number of rotatable bonds is 3. The average molecular weight is 423 g/mol. The second kappa shape index (κ2) is 7.98. The molecule has 0 amide bonds. The topological polar surface area (TPSA) is 61.8 Å². The van der Waals surface area contributed by atoms with Gasteiger partial charge >= 0.3 is 0 Å². The molecule has 0 radical (unpaired) electrons. The molecule has 0 unspecified atom stereocenters. The van der Waals surface area contributed by atoms with E-state index in [4.69, 9.17) is 0 Å². The standard InChI is InChI=1S/C14H21N3O2S.HI/c1-15-14(16-8-10-20(2,18)19)17-9-7-12-5-3-4-6-13(12)11-17;/h3-6H,7-11H2,1-2H3,(H,15,16);1H. The molecule has 1 aliphatic rings. The van der Waals surface area contributed by atoms with Gasteiger partial charge < -0.3 is 10.2 Å². The summed E-state index contributed by atoms with van der Waals surface area (Å²) in [5.41, 5.74) is 2.69. The summed E-state index contributed by atoms with van der Waals surface area (Å²) < 4.78 is 22.3. The van der Waals surface area contributed by atoms with E-state index in [-0.39, 0.29) is 29.7 Å². The lowest BCUT2D eigenvalue weighted by Gasteiger charge is -2.31. The van der Waals surface area contributed by atoms with Crippen LogP contribution in [0.15, 0.2) is 29.3 Å². The van der Waals surface area contributed by atoms with Crippen molar-refractivity contribution >= 4 is 39.8 Å². The number of hydrogen-bond donors (Lipinski definition) is 1. The fourth-order valence-electron chi connectivity index (χ4n) is 2.36. The summed E-state index contributed by atoms with van der Waals surface area (Å²) in [6.45, 7) is 2.11. The zero-order valence-electron chi connectivity index (χ0n) is 12.4. The van der Waals surface area contributed by atoms with Crippen LogP contribution < -0.4 is 5.32 Å². The van der Waals surface area contributed by atoms with Crippen LogP contribution >= 0.6 is 24.0 Å². The zero-order chi connectivity index (χ0) is 14.6. The molecule has 2 rings (SSSR count). The van der Waals surface area contributed by atoms with Crippen LogP contribution in [0.25, 0.3) is 0 Å². The minimum atomic E-state index is -2.94. The summed E-state index contributed by atoms with van der Waals surface area (Å²) in [6.07, 6.45) is 2.23. The molecule has 0 bridgehead atoms. The van der Waals surface area contributed by atoms with Crippen molar-refractivity contribution in [2.24, 2.45) is 4.99 Å². The number of fused-ring (bicyclic) bond motifs is 1. The second-order valence-corrected chi connectivity index (χ2v) is 7.30. The monoisotopic (exact) mass is 423 g/mol. The van der Waals surface area contributed by atoms with Crippen molar-refractivity contribution in [1.82, 2.24) is 10.2 Å². The van der Waals surface area contributed by atoms with E-state index < -0.39 is 9.84 Å². The number of sulfone groups is 1. The van der Waals surface area contributed by atoms with Crippen molar-refractivity contribution in [3.8, 4) is 0 Å². The lowest BCUT2D eigenvalue weighted by Crippen LogP contribution is -2.45. The van der Waals surface area contributed by atoms with Crippen molar-refractivity contribution in [1.29, 1.82) is 0 Å². The molecule has 5 nitrogen and oxygen atoms in total. The number of nitrogens with one attached hydrogen (secondary N) is 1. The van der Waals surface area contributed by atoms with Crippen LogP contribution in [0, 0.1) is 0 Å². The summed E-state index contributed by atoms with van der Waals surface area (Å²) in [5.74, 6) is 0.888. The number of benzene rings is 1. The van der Waals surface area contributed by atoms with Gasteiger partial charge in [-0.05, 0) is 17.5 Å². The Hall–Kier alpha value is -0.830. The Morgan fingerprint density at radius 2 is 2.00 bits per heavy atom. The Morgan fingerprint density at radius 3 is 2.62 bits per heavy atom. The summed E-state index contributed by atoms with van der Waals surface area (Å²) >= 11 is 0. The predicted octanol–water partition coefficient (Wildman–Crippen LogP) is 1.28. The molecule has 0 spiro atoms. The fraction of sp³-hybridized carbons (Fsp3) is 0.500. The van der Waals surface area contributed by atoms with Gasteiger partial charge in [0.2, 0.25) is 0 Å². The molecule has 0 atom stereocenters. The highest BCUT2D eigenvalue weighted by Crippen LogP contribution is 2.18. The molecule has 1 aromatic rings. The Bertz CT molecular complexity index is 602. The number of halogens is 1. The van der Waals surface area contributed by atoms with Gasteiger partial charge in [-0.1, -0.05) is 24.3 Å². The molecule has 0 fully saturated rings. The van der Waals surface area contributed by atoms with Crippen molar-refractivity contribution in [3.63, 3.8) is 0 Å². The molecular weight excluding hydrogens is 401 g/mol. The minimum absolute atomic E-state index is 0. The lowest BCUT2D eigenvalue weighted by atomic mass is 10.0. The van der Waals surface area contributed by atoms with Gasteiger partial charge in [0.15, 0.2) is 5.96 Å². The van der Waals surface area contributed by atoms with Gasteiger partial charge in [-0.3, -0.25) is 4.99 Å². The highest BCUT2D eigenvalue weighted by molar-refractivity contribution is 14.0. The minimum Gasteiger partial charge on any atom is -0.355 e. The first-order valence-corrected chi connectivity index (χ1v) is 8.76. The van der Waals surface area contributed by atoms with Crippen molar-refractivity contribution in [2.45, 2.75) is 13.0 Å². The number of aliphatic imine (C=N–C) groups is 1. The normalized spacial score (nSPS) is 15.1. The first kappa shape index (κ1) is 18.2. The Morgan fingerprint density at radius 1 is 1.33 bits per heavy atom. The Kier molecular flexibility index (Phi) is 6.92. The van der Waals surface area contributed by atoms with E-state index in [2.05, 4.69) is 33.4 Å². The van der Waals surface area contributed by atoms with Crippen LogP contribution in [0.1, 0.15) is 11.1 Å². The van der Waals surface area contributed by atoms with E-state index in [1.807, 2.05) is 6.07 Å². The van der Waals surface area contributed by atoms with E-state index >= 15 is 0 Å². The molecule has 0 saturated carbocycles. The third-order valence-electron chi connectivity index (χ3n) is 3.40. The molecule has 7 heteroatoms. The maximum atomic E-state index is 11.1. The van der Waals surface area contributed by atoms with Crippen LogP contribution in [-0.4, -0.2) is 51.4 Å². The fourth-order valence-corrected chi connectivity index (χ4v) is 2.83. The molecule has 0 saturated heterocycles. The van der Waals surface area contributed by atoms with Gasteiger partial charge in [0.05, 0.1) is 5.75 Å². The van der Waals surface area contributed by atoms with Gasteiger partial charge in [0.1, 0.15) is 9.84 Å². The first-order valence-electron chi connectivity index (χ1n) is 6.70. The van der Waals surface area contributed by atoms with Crippen molar-refractivity contribution < 1.29 is 8.42 Å². The Labute approximate surface area is 143 Å². The highest BCUT2D eigenvalue weighted by Gasteiger charge is 2.18. The first-order chi connectivity index (χ1) is 9.49. The van der Waals surface area contributed by atoms with Gasteiger partial charge in [-0.25, -0.2) is 8.42 Å². The van der Waals surface area contributed by atoms with Crippen LogP contribution in [0.3, 0.4) is 0 Å². The summed E-state index contributed by atoms with van der Waals surface area (Å²) in [4.78, 5) is 6.40. The molecule has 0 aromatic heterocycles. The second-order valence-electron chi connectivity index (χ2n) is 5.04. The maximum absolute atomic E-state index is 11.1. The number of nitrogens with zero attached hydrogens (tertiary/aromatic N) is 2. The van der Waals surface area contributed by atoms with E-state index in [1.54, 1.807) is 7.05 Å². The van der Waals surface area contributed by atoms with Crippen LogP contribution in [0.5, 0.6) is 0 Å². The van der Waals surface area contributed by atoms with Crippen LogP contribution in [-0.2, 0) is 22.8 Å². The summed E-state index contributed by atoms with van der Waals surface area (Å²) in [5, 5.41) is 3.12. The van der Waals surface area contributed by atoms with E-state index in [0.717, 1.165) is 25.5 Å². The number of guanidine groups is 1. The molecule has 1 N–H and O–H groups in total. The number of hydrogen-bond acceptors (Lipinski definition) is 3. The van der Waals surface area contributed by atoms with E-state index in [9.17, 15) is 8.42 Å². The third-order valence-corrected chi connectivity index (χ3v) is 4.34. The highest BCUT2D eigenvalue weighted by atomic mass is 127. The molecule has 118 valence electrons. The summed E-state index contributed by atoms with van der Waals surface area (Å²) in [7, 11) is -1.22. The van der Waals surface area contributed by atoms with Crippen LogP contribution in [0.4, 0.5) is 0 Å². The van der Waals surface area contributed by atoms with Gasteiger partial charge in [-0.15, -0.1) is 24.0 Å². The smallest absolute Gasteiger partial charge is 0.193 e. The quantitative estimate of drug-likeness (QED) is 0.452. The molecule has 0 aliphatic carbocycles. The molecule has 1 heterocycles. The lowest BCUT2D eigenvalue weighted by molar-refractivity contribution is 0.380. The SMILES string of the molecule is CN=C(NCCS(C)(=O)=O)N1CCc2ccccc2C1.I.